The number of hydrogen-bond acceptors (Lipinski definition) is 5. The number of ether oxygens (including phenoxy) is 3. The Kier molecular flexibility index (Phi) is 7.19. The molecule has 0 aromatic heterocycles. The molecule has 2 N–H and O–H groups in total. The van der Waals surface area contributed by atoms with Gasteiger partial charge >= 0.3 is 0 Å². The molecule has 1 heterocycles. The van der Waals surface area contributed by atoms with E-state index in [0.717, 1.165) is 22.4 Å². The number of methoxy groups -OCH3 is 1. The molecule has 6 heteroatoms. The van der Waals surface area contributed by atoms with Crippen molar-refractivity contribution in [3.05, 3.63) is 64.2 Å². The van der Waals surface area contributed by atoms with Gasteiger partial charge in [0.05, 0.1) is 31.5 Å². The molecule has 0 amide bonds. The largest absolute Gasteiger partial charge is 0.494 e. The van der Waals surface area contributed by atoms with Gasteiger partial charge in [0.15, 0.2) is 0 Å². The van der Waals surface area contributed by atoms with Crippen molar-refractivity contribution in [2.24, 2.45) is 0 Å². The molecular formula is C23H29ClO5. The lowest BCUT2D eigenvalue weighted by Gasteiger charge is -2.34. The quantitative estimate of drug-likeness (QED) is 0.701. The van der Waals surface area contributed by atoms with E-state index < -0.39 is 11.7 Å². The molecule has 29 heavy (non-hydrogen) atoms. The molecule has 4 unspecified atom stereocenters. The Morgan fingerprint density at radius 2 is 1.90 bits per heavy atom. The van der Waals surface area contributed by atoms with Crippen LogP contribution in [0.1, 0.15) is 49.5 Å². The molecule has 3 rings (SSSR count). The topological polar surface area (TPSA) is 68.2 Å². The minimum absolute atomic E-state index is 0.115. The first-order valence-corrected chi connectivity index (χ1v) is 10.3. The number of aliphatic hydroxyl groups is 2. The van der Waals surface area contributed by atoms with Gasteiger partial charge in [-0.25, -0.2) is 0 Å². The van der Waals surface area contributed by atoms with Gasteiger partial charge in [-0.05, 0) is 49.2 Å². The van der Waals surface area contributed by atoms with E-state index in [1.807, 2.05) is 56.3 Å². The molecule has 0 spiro atoms. The Labute approximate surface area is 177 Å². The van der Waals surface area contributed by atoms with E-state index in [-0.39, 0.29) is 18.8 Å². The highest BCUT2D eigenvalue weighted by atomic mass is 35.5. The van der Waals surface area contributed by atoms with E-state index in [2.05, 4.69) is 0 Å². The molecule has 1 aliphatic rings. The first kappa shape index (κ1) is 22.1. The molecule has 0 radical (unpaired) electrons. The molecule has 2 aromatic carbocycles. The Bertz CT molecular complexity index is 809. The van der Waals surface area contributed by atoms with E-state index in [4.69, 9.17) is 25.8 Å². The monoisotopic (exact) mass is 420 g/mol. The van der Waals surface area contributed by atoms with Gasteiger partial charge < -0.3 is 24.4 Å². The molecule has 0 bridgehead atoms. The van der Waals surface area contributed by atoms with Gasteiger partial charge in [-0.2, -0.15) is 0 Å². The third kappa shape index (κ3) is 4.76. The van der Waals surface area contributed by atoms with Crippen molar-refractivity contribution in [1.82, 2.24) is 0 Å². The fourth-order valence-electron chi connectivity index (χ4n) is 3.85. The molecular weight excluding hydrogens is 392 g/mol. The predicted molar refractivity (Wildman–Crippen MR) is 112 cm³/mol. The first-order chi connectivity index (χ1) is 13.9. The summed E-state index contributed by atoms with van der Waals surface area (Å²) in [5, 5.41) is 20.2. The number of benzene rings is 2. The number of aliphatic hydroxyl groups excluding tert-OH is 2. The Morgan fingerprint density at radius 3 is 2.52 bits per heavy atom. The van der Waals surface area contributed by atoms with Gasteiger partial charge in [0.25, 0.3) is 0 Å². The van der Waals surface area contributed by atoms with Crippen molar-refractivity contribution in [3.63, 3.8) is 0 Å². The minimum atomic E-state index is -0.776. The van der Waals surface area contributed by atoms with E-state index in [0.29, 0.717) is 24.5 Å². The maximum Gasteiger partial charge on any atom is 0.119 e. The normalized spacial score (nSPS) is 24.1. The second kappa shape index (κ2) is 9.45. The van der Waals surface area contributed by atoms with Crippen molar-refractivity contribution in [2.75, 3.05) is 20.3 Å². The van der Waals surface area contributed by atoms with Crippen molar-refractivity contribution in [2.45, 2.75) is 50.6 Å². The summed E-state index contributed by atoms with van der Waals surface area (Å²) in [6.45, 7) is 4.41. The van der Waals surface area contributed by atoms with E-state index >= 15 is 0 Å². The molecule has 0 saturated carbocycles. The number of rotatable bonds is 7. The summed E-state index contributed by atoms with van der Waals surface area (Å²) in [4.78, 5) is 0. The van der Waals surface area contributed by atoms with Crippen LogP contribution in [0.15, 0.2) is 42.5 Å². The van der Waals surface area contributed by atoms with E-state index in [1.54, 1.807) is 7.11 Å². The van der Waals surface area contributed by atoms with Crippen LogP contribution in [0.2, 0.25) is 5.02 Å². The van der Waals surface area contributed by atoms with Crippen LogP contribution in [0.25, 0.3) is 0 Å². The fourth-order valence-corrected chi connectivity index (χ4v) is 4.15. The zero-order valence-electron chi connectivity index (χ0n) is 17.1. The second-order valence-corrected chi connectivity index (χ2v) is 7.90. The van der Waals surface area contributed by atoms with Gasteiger partial charge in [0.2, 0.25) is 0 Å². The van der Waals surface area contributed by atoms with Crippen LogP contribution in [-0.2, 0) is 15.1 Å². The number of halogens is 1. The minimum Gasteiger partial charge on any atom is -0.494 e. The highest BCUT2D eigenvalue weighted by molar-refractivity contribution is 6.31. The van der Waals surface area contributed by atoms with Crippen molar-refractivity contribution in [3.8, 4) is 5.75 Å². The molecule has 1 aliphatic heterocycles. The summed E-state index contributed by atoms with van der Waals surface area (Å²) in [6.07, 6.45) is -0.277. The van der Waals surface area contributed by atoms with Crippen LogP contribution in [0, 0.1) is 0 Å². The van der Waals surface area contributed by atoms with Crippen molar-refractivity contribution < 1.29 is 24.4 Å². The molecule has 0 aliphatic carbocycles. The molecule has 2 aromatic rings. The fraction of sp³-hybridized carbons (Fsp3) is 0.478. The van der Waals surface area contributed by atoms with Gasteiger partial charge in [0.1, 0.15) is 11.4 Å². The molecule has 158 valence electrons. The lowest BCUT2D eigenvalue weighted by atomic mass is 9.85. The highest BCUT2D eigenvalue weighted by Crippen LogP contribution is 2.40. The Morgan fingerprint density at radius 1 is 1.17 bits per heavy atom. The Hall–Kier alpha value is -1.63. The molecule has 1 saturated heterocycles. The van der Waals surface area contributed by atoms with Gasteiger partial charge in [0, 0.05) is 30.5 Å². The van der Waals surface area contributed by atoms with Gasteiger partial charge in [-0.3, -0.25) is 0 Å². The Balaban J connectivity index is 1.96. The predicted octanol–water partition coefficient (Wildman–Crippen LogP) is 4.22. The van der Waals surface area contributed by atoms with Gasteiger partial charge in [-0.15, -0.1) is 0 Å². The van der Waals surface area contributed by atoms with Gasteiger partial charge in [-0.1, -0.05) is 29.8 Å². The maximum absolute atomic E-state index is 10.2. The van der Waals surface area contributed by atoms with E-state index in [9.17, 15) is 10.2 Å². The first-order valence-electron chi connectivity index (χ1n) is 9.94. The van der Waals surface area contributed by atoms with E-state index in [1.165, 1.54) is 0 Å². The van der Waals surface area contributed by atoms with Crippen LogP contribution in [0.3, 0.4) is 0 Å². The van der Waals surface area contributed by atoms with Crippen LogP contribution in [0.4, 0.5) is 0 Å². The summed E-state index contributed by atoms with van der Waals surface area (Å²) in [6, 6.07) is 13.5. The zero-order chi connectivity index (χ0) is 21.0. The zero-order valence-corrected chi connectivity index (χ0v) is 17.9. The summed E-state index contributed by atoms with van der Waals surface area (Å²) >= 11 is 6.58. The maximum atomic E-state index is 10.2. The molecule has 1 fully saturated rings. The van der Waals surface area contributed by atoms with Crippen LogP contribution < -0.4 is 4.74 Å². The summed E-state index contributed by atoms with van der Waals surface area (Å²) < 4.78 is 17.5. The lowest BCUT2D eigenvalue weighted by Crippen LogP contribution is -2.33. The SMILES string of the molecule is CCOc1ccc(C(C)(OC)c2cc(C3CC(O)CC(CO)O3)ccc2Cl)cc1. The highest BCUT2D eigenvalue weighted by Gasteiger charge is 2.34. The molecule has 4 atom stereocenters. The third-order valence-electron chi connectivity index (χ3n) is 5.58. The average molecular weight is 421 g/mol. The standard InChI is InChI=1S/C23H29ClO5/c1-4-28-18-8-6-16(7-9-18)23(2,27-3)20-11-15(5-10-21(20)24)22-13-17(26)12-19(14-25)29-22/h5-11,17,19,22,25-26H,4,12-14H2,1-3H3. The average Bonchev–Trinajstić information content (AvgIpc) is 2.73. The molecule has 5 nitrogen and oxygen atoms in total. The smallest absolute Gasteiger partial charge is 0.119 e. The summed E-state index contributed by atoms with van der Waals surface area (Å²) in [7, 11) is 1.65. The van der Waals surface area contributed by atoms with Crippen molar-refractivity contribution in [1.29, 1.82) is 0 Å². The lowest BCUT2D eigenvalue weighted by molar-refractivity contribution is -0.113. The number of hydrogen-bond donors (Lipinski definition) is 2. The van der Waals surface area contributed by atoms with Crippen molar-refractivity contribution >= 4 is 11.6 Å². The summed E-state index contributed by atoms with van der Waals surface area (Å²) in [5.41, 5.74) is 1.88. The van der Waals surface area contributed by atoms with Crippen LogP contribution >= 0.6 is 11.6 Å². The summed E-state index contributed by atoms with van der Waals surface area (Å²) in [5.74, 6) is 0.800. The second-order valence-electron chi connectivity index (χ2n) is 7.49. The van der Waals surface area contributed by atoms with Crippen LogP contribution in [-0.4, -0.2) is 42.7 Å². The third-order valence-corrected chi connectivity index (χ3v) is 5.91. The van der Waals surface area contributed by atoms with Crippen LogP contribution in [0.5, 0.6) is 5.75 Å².